The maximum Gasteiger partial charge on any atom is 0.0314 e. The second-order valence-corrected chi connectivity index (χ2v) is 5.61. The van der Waals surface area contributed by atoms with Gasteiger partial charge in [0, 0.05) is 21.7 Å². The first kappa shape index (κ1) is 12.7. The van der Waals surface area contributed by atoms with E-state index in [1.165, 1.54) is 10.5 Å². The molecule has 0 aliphatic carbocycles. The largest absolute Gasteiger partial charge is 0.326 e. The summed E-state index contributed by atoms with van der Waals surface area (Å²) in [7, 11) is 0. The third kappa shape index (κ3) is 3.60. The molecule has 0 aliphatic heterocycles. The van der Waals surface area contributed by atoms with Crippen molar-refractivity contribution in [3.8, 4) is 0 Å². The van der Waals surface area contributed by atoms with Crippen molar-refractivity contribution in [2.45, 2.75) is 17.2 Å². The van der Waals surface area contributed by atoms with Crippen molar-refractivity contribution in [1.82, 2.24) is 0 Å². The number of hydrogen-bond donors (Lipinski definition) is 1. The van der Waals surface area contributed by atoms with Gasteiger partial charge in [0.15, 0.2) is 0 Å². The molecule has 88 valence electrons. The molecule has 1 nitrogen and oxygen atoms in total. The number of benzene rings is 2. The highest BCUT2D eigenvalue weighted by Crippen LogP contribution is 2.30. The normalized spacial score (nSPS) is 10.5. The Morgan fingerprint density at radius 1 is 1.00 bits per heavy atom. The topological polar surface area (TPSA) is 26.0 Å². The molecule has 0 amide bonds. The average Bonchev–Trinajstić information content (AvgIpc) is 2.38. The number of thioether (sulfide) groups is 1. The van der Waals surface area contributed by atoms with Gasteiger partial charge in [0.1, 0.15) is 0 Å². The molecule has 0 heterocycles. The Labute approximate surface area is 115 Å². The molecular weight excluding hydrogens is 294 g/mol. The minimum Gasteiger partial charge on any atom is -0.326 e. The lowest BCUT2D eigenvalue weighted by Crippen LogP contribution is -1.95. The molecule has 0 radical (unpaired) electrons. The minimum absolute atomic E-state index is 0.586. The molecule has 2 N–H and O–H groups in total. The van der Waals surface area contributed by atoms with Gasteiger partial charge < -0.3 is 5.73 Å². The Kier molecular flexibility index (Phi) is 4.66. The number of nitrogens with two attached hydrogens (primary N) is 1. The fourth-order valence-electron chi connectivity index (χ4n) is 1.52. The predicted molar refractivity (Wildman–Crippen MR) is 78.0 cm³/mol. The highest BCUT2D eigenvalue weighted by atomic mass is 79.9. The van der Waals surface area contributed by atoms with Crippen LogP contribution in [0.4, 0.5) is 0 Å². The van der Waals surface area contributed by atoms with Crippen molar-refractivity contribution < 1.29 is 0 Å². The summed E-state index contributed by atoms with van der Waals surface area (Å²) in [5.74, 6) is 0.988. The highest BCUT2D eigenvalue weighted by Gasteiger charge is 2.02. The Hall–Kier alpha value is -0.770. The molecule has 0 atom stereocenters. The molecule has 0 unspecified atom stereocenters. The van der Waals surface area contributed by atoms with Crippen molar-refractivity contribution in [2.24, 2.45) is 5.73 Å². The van der Waals surface area contributed by atoms with Crippen molar-refractivity contribution >= 4 is 27.7 Å². The second kappa shape index (κ2) is 6.24. The molecule has 2 aromatic rings. The van der Waals surface area contributed by atoms with E-state index in [9.17, 15) is 0 Å². The van der Waals surface area contributed by atoms with E-state index in [-0.39, 0.29) is 0 Å². The van der Waals surface area contributed by atoms with Crippen LogP contribution >= 0.6 is 27.7 Å². The SMILES string of the molecule is NCc1ccc(SCc2ccccc2)c(Br)c1. The summed E-state index contributed by atoms with van der Waals surface area (Å²) in [5.41, 5.74) is 8.10. The quantitative estimate of drug-likeness (QED) is 0.857. The third-order valence-corrected chi connectivity index (χ3v) is 4.53. The molecule has 3 heteroatoms. The monoisotopic (exact) mass is 307 g/mol. The Morgan fingerprint density at radius 2 is 1.76 bits per heavy atom. The van der Waals surface area contributed by atoms with Crippen molar-refractivity contribution in [3.05, 3.63) is 64.1 Å². The average molecular weight is 308 g/mol. The Morgan fingerprint density at radius 3 is 2.41 bits per heavy atom. The fourth-order valence-corrected chi connectivity index (χ4v) is 3.17. The molecule has 0 spiro atoms. The van der Waals surface area contributed by atoms with E-state index in [4.69, 9.17) is 5.73 Å². The molecule has 2 rings (SSSR count). The van der Waals surface area contributed by atoms with Crippen molar-refractivity contribution in [2.75, 3.05) is 0 Å². The summed E-state index contributed by atoms with van der Waals surface area (Å²) in [6, 6.07) is 16.8. The third-order valence-electron chi connectivity index (χ3n) is 2.47. The van der Waals surface area contributed by atoms with E-state index in [2.05, 4.69) is 58.4 Å². The van der Waals surface area contributed by atoms with Gasteiger partial charge in [-0.2, -0.15) is 0 Å². The maximum atomic E-state index is 5.61. The zero-order valence-electron chi connectivity index (χ0n) is 9.40. The predicted octanol–water partition coefficient (Wildman–Crippen LogP) is 4.20. The van der Waals surface area contributed by atoms with Gasteiger partial charge in [-0.15, -0.1) is 11.8 Å². The van der Waals surface area contributed by atoms with E-state index < -0.39 is 0 Å². The number of hydrogen-bond acceptors (Lipinski definition) is 2. The zero-order valence-corrected chi connectivity index (χ0v) is 11.8. The lowest BCUT2D eigenvalue weighted by atomic mass is 10.2. The fraction of sp³-hybridized carbons (Fsp3) is 0.143. The summed E-state index contributed by atoms with van der Waals surface area (Å²) in [5, 5.41) is 0. The van der Waals surface area contributed by atoms with Gasteiger partial charge >= 0.3 is 0 Å². The van der Waals surface area contributed by atoms with Gasteiger partial charge in [0.25, 0.3) is 0 Å². The van der Waals surface area contributed by atoms with E-state index in [1.807, 2.05) is 17.8 Å². The number of rotatable bonds is 4. The molecule has 0 aliphatic rings. The lowest BCUT2D eigenvalue weighted by Gasteiger charge is -2.06. The van der Waals surface area contributed by atoms with Gasteiger partial charge in [-0.3, -0.25) is 0 Å². The summed E-state index contributed by atoms with van der Waals surface area (Å²) < 4.78 is 1.13. The van der Waals surface area contributed by atoms with Crippen LogP contribution in [-0.4, -0.2) is 0 Å². The first-order chi connectivity index (χ1) is 8.29. The summed E-state index contributed by atoms with van der Waals surface area (Å²) in [4.78, 5) is 1.26. The molecule has 0 saturated heterocycles. The van der Waals surface area contributed by atoms with Gasteiger partial charge in [-0.1, -0.05) is 36.4 Å². The molecule has 0 aromatic heterocycles. The summed E-state index contributed by atoms with van der Waals surface area (Å²) in [6.45, 7) is 0.586. The molecule has 0 fully saturated rings. The molecule has 2 aromatic carbocycles. The van der Waals surface area contributed by atoms with Crippen molar-refractivity contribution in [3.63, 3.8) is 0 Å². The molecule has 0 saturated carbocycles. The van der Waals surface area contributed by atoms with Crippen LogP contribution < -0.4 is 5.73 Å². The van der Waals surface area contributed by atoms with Crippen LogP contribution in [0.15, 0.2) is 57.9 Å². The Balaban J connectivity index is 2.04. The first-order valence-corrected chi connectivity index (χ1v) is 7.22. The molecular formula is C14H14BrNS. The zero-order chi connectivity index (χ0) is 12.1. The maximum absolute atomic E-state index is 5.61. The van der Waals surface area contributed by atoms with Crippen LogP contribution in [0.2, 0.25) is 0 Å². The second-order valence-electron chi connectivity index (χ2n) is 3.74. The van der Waals surface area contributed by atoms with Crippen molar-refractivity contribution in [1.29, 1.82) is 0 Å². The van der Waals surface area contributed by atoms with Gasteiger partial charge in [-0.05, 0) is 39.2 Å². The smallest absolute Gasteiger partial charge is 0.0314 e. The first-order valence-electron chi connectivity index (χ1n) is 5.45. The summed E-state index contributed by atoms with van der Waals surface area (Å²) >= 11 is 5.42. The number of halogens is 1. The van der Waals surface area contributed by atoms with Gasteiger partial charge in [0.2, 0.25) is 0 Å². The van der Waals surface area contributed by atoms with E-state index in [0.29, 0.717) is 6.54 Å². The van der Waals surface area contributed by atoms with E-state index in [0.717, 1.165) is 15.8 Å². The molecule has 17 heavy (non-hydrogen) atoms. The van der Waals surface area contributed by atoms with Gasteiger partial charge in [-0.25, -0.2) is 0 Å². The standard InChI is InChI=1S/C14H14BrNS/c15-13-8-12(9-16)6-7-14(13)17-10-11-4-2-1-3-5-11/h1-8H,9-10,16H2. The van der Waals surface area contributed by atoms with Crippen LogP contribution in [0.3, 0.4) is 0 Å². The van der Waals surface area contributed by atoms with Crippen LogP contribution in [0.5, 0.6) is 0 Å². The summed E-state index contributed by atoms with van der Waals surface area (Å²) in [6.07, 6.45) is 0. The lowest BCUT2D eigenvalue weighted by molar-refractivity contribution is 1.06. The van der Waals surface area contributed by atoms with Crippen LogP contribution in [-0.2, 0) is 12.3 Å². The van der Waals surface area contributed by atoms with Gasteiger partial charge in [0.05, 0.1) is 0 Å². The van der Waals surface area contributed by atoms with Crippen LogP contribution in [0.25, 0.3) is 0 Å². The van der Waals surface area contributed by atoms with Crippen LogP contribution in [0, 0.1) is 0 Å². The van der Waals surface area contributed by atoms with E-state index >= 15 is 0 Å². The van der Waals surface area contributed by atoms with Crippen LogP contribution in [0.1, 0.15) is 11.1 Å². The van der Waals surface area contributed by atoms with E-state index in [1.54, 1.807) is 0 Å². The molecule has 0 bridgehead atoms. The highest BCUT2D eigenvalue weighted by molar-refractivity contribution is 9.10. The Bertz CT molecular complexity index is 485. The minimum atomic E-state index is 0.586.